The summed E-state index contributed by atoms with van der Waals surface area (Å²) in [7, 11) is 2.07. The highest BCUT2D eigenvalue weighted by Crippen LogP contribution is 2.38. The molecule has 1 aliphatic heterocycles. The number of rotatable bonds is 4. The Bertz CT molecular complexity index is 1330. The fraction of sp³-hybridized carbons (Fsp3) is 0.333. The van der Waals surface area contributed by atoms with E-state index in [4.69, 9.17) is 0 Å². The fourth-order valence-electron chi connectivity index (χ4n) is 4.09. The summed E-state index contributed by atoms with van der Waals surface area (Å²) >= 11 is 2.15. The molecule has 0 bridgehead atoms. The number of nitrogens with one attached hydrogen (secondary N) is 2. The molecule has 0 radical (unpaired) electrons. The number of aromatic nitrogens is 5. The second-order valence-corrected chi connectivity index (χ2v) is 8.27. The Morgan fingerprint density at radius 3 is 2.33 bits per heavy atom. The molecule has 2 aromatic carbocycles. The van der Waals surface area contributed by atoms with Crippen LogP contribution in [0.3, 0.4) is 0 Å². The zero-order valence-corrected chi connectivity index (χ0v) is 22.2. The van der Waals surface area contributed by atoms with Crippen LogP contribution in [0.2, 0.25) is 0 Å². The van der Waals surface area contributed by atoms with Crippen molar-refractivity contribution in [1.29, 1.82) is 0 Å². The normalized spacial score (nSPS) is 14.5. The van der Waals surface area contributed by atoms with Crippen LogP contribution in [0.15, 0.2) is 42.5 Å². The Hall–Kier alpha value is -3.00. The summed E-state index contributed by atoms with van der Waals surface area (Å²) in [5.74, 6) is 1.20. The number of halogens is 4. The Morgan fingerprint density at radius 1 is 0.944 bits per heavy atom. The maximum Gasteiger partial charge on any atom is 0.417 e. The number of H-pyrrole nitrogens is 1. The molecule has 190 valence electrons. The number of aromatic amines is 1. The van der Waals surface area contributed by atoms with Gasteiger partial charge in [-0.05, 0) is 37.1 Å². The summed E-state index contributed by atoms with van der Waals surface area (Å²) in [4.78, 5) is 19.8. The van der Waals surface area contributed by atoms with E-state index in [-0.39, 0.29) is 17.3 Å². The summed E-state index contributed by atoms with van der Waals surface area (Å²) in [6, 6.07) is 11.0. The van der Waals surface area contributed by atoms with Crippen molar-refractivity contribution in [2.24, 2.45) is 0 Å². The quantitative estimate of drug-likeness (QED) is 0.240. The van der Waals surface area contributed by atoms with Gasteiger partial charge in [0.05, 0.1) is 16.8 Å². The number of fused-ring (bicyclic) bond motifs is 1. The van der Waals surface area contributed by atoms with E-state index in [1.807, 2.05) is 23.1 Å². The van der Waals surface area contributed by atoms with E-state index < -0.39 is 11.7 Å². The third-order valence-corrected chi connectivity index (χ3v) is 5.85. The van der Waals surface area contributed by atoms with Crippen LogP contribution in [0.5, 0.6) is 0 Å². The summed E-state index contributed by atoms with van der Waals surface area (Å²) < 4.78 is 41.4. The third kappa shape index (κ3) is 5.53. The minimum Gasteiger partial charge on any atom is -0.367 e. The largest absolute Gasteiger partial charge is 0.417 e. The van der Waals surface area contributed by atoms with Crippen molar-refractivity contribution < 1.29 is 13.2 Å². The van der Waals surface area contributed by atoms with Gasteiger partial charge in [-0.3, -0.25) is 5.10 Å². The molecule has 12 heteroatoms. The van der Waals surface area contributed by atoms with E-state index in [1.165, 1.54) is 12.1 Å². The number of likely N-dealkylation sites (N-methyl/N-ethyl adjacent to an activating group) is 1. The summed E-state index contributed by atoms with van der Waals surface area (Å²) in [5.41, 5.74) is 0.558. The molecule has 0 unspecified atom stereocenters. The number of piperazine rings is 1. The van der Waals surface area contributed by atoms with Crippen LogP contribution in [0.1, 0.15) is 11.4 Å². The fourth-order valence-corrected chi connectivity index (χ4v) is 4.09. The van der Waals surface area contributed by atoms with E-state index in [9.17, 15) is 13.2 Å². The van der Waals surface area contributed by atoms with Gasteiger partial charge in [-0.25, -0.2) is 9.97 Å². The first-order valence-electron chi connectivity index (χ1n) is 11.2. The molecule has 2 N–H and O–H groups in total. The summed E-state index contributed by atoms with van der Waals surface area (Å²) in [5, 5.41) is 10.6. The topological polar surface area (TPSA) is 85.9 Å². The minimum absolute atomic E-state index is 0.0169. The molecule has 0 atom stereocenters. The highest BCUT2D eigenvalue weighted by molar-refractivity contribution is 14.1. The number of anilines is 3. The highest BCUT2D eigenvalue weighted by atomic mass is 127. The van der Waals surface area contributed by atoms with Crippen LogP contribution in [0.25, 0.3) is 22.3 Å². The second-order valence-electron chi connectivity index (χ2n) is 8.27. The number of nitrogens with zero attached hydrogens (tertiary/aromatic N) is 6. The maximum atomic E-state index is 13.8. The van der Waals surface area contributed by atoms with Gasteiger partial charge >= 0.3 is 6.18 Å². The predicted molar refractivity (Wildman–Crippen MR) is 144 cm³/mol. The van der Waals surface area contributed by atoms with Crippen molar-refractivity contribution >= 4 is 50.9 Å². The second kappa shape index (κ2) is 10.9. The van der Waals surface area contributed by atoms with Gasteiger partial charge < -0.3 is 15.1 Å². The zero-order chi connectivity index (χ0) is 25.9. The molecule has 1 fully saturated rings. The Labute approximate surface area is 220 Å². The van der Waals surface area contributed by atoms with Crippen molar-refractivity contribution in [1.82, 2.24) is 30.0 Å². The van der Waals surface area contributed by atoms with Gasteiger partial charge in [-0.2, -0.15) is 18.2 Å². The van der Waals surface area contributed by atoms with Crippen LogP contribution in [-0.2, 0) is 6.18 Å². The molecule has 2 aromatic heterocycles. The molecule has 1 saturated heterocycles. The molecule has 5 rings (SSSR count). The number of aryl methyl sites for hydroxylation is 1. The lowest BCUT2D eigenvalue weighted by Crippen LogP contribution is -2.44. The molecule has 0 amide bonds. The molecule has 1 aliphatic rings. The SMILES string of the molecule is CI.Cc1nc(Nc2nc(-c3ccccc3C(F)(F)F)nc3c(N4CCN(C)CC4)cccc23)n[nH]1. The molecule has 0 spiro atoms. The number of hydrogen-bond acceptors (Lipinski definition) is 7. The van der Waals surface area contributed by atoms with Gasteiger partial charge in [-0.15, -0.1) is 5.10 Å². The molecular weight excluding hydrogens is 584 g/mol. The average molecular weight is 610 g/mol. The molecule has 3 heterocycles. The van der Waals surface area contributed by atoms with E-state index in [2.05, 4.69) is 69.9 Å². The van der Waals surface area contributed by atoms with Crippen LogP contribution in [0.4, 0.5) is 30.6 Å². The number of para-hydroxylation sites is 1. The van der Waals surface area contributed by atoms with Crippen LogP contribution < -0.4 is 10.2 Å². The van der Waals surface area contributed by atoms with E-state index in [1.54, 1.807) is 13.0 Å². The molecule has 4 aromatic rings. The first-order chi connectivity index (χ1) is 17.3. The number of alkyl halides is 4. The smallest absolute Gasteiger partial charge is 0.367 e. The Balaban J connectivity index is 0.00000148. The molecular formula is C24H26F3IN8. The van der Waals surface area contributed by atoms with Crippen molar-refractivity contribution in [3.05, 3.63) is 53.9 Å². The molecule has 0 aliphatic carbocycles. The number of hydrogen-bond donors (Lipinski definition) is 2. The van der Waals surface area contributed by atoms with Crippen LogP contribution in [-0.4, -0.2) is 68.2 Å². The lowest BCUT2D eigenvalue weighted by atomic mass is 10.1. The van der Waals surface area contributed by atoms with Gasteiger partial charge in [0.2, 0.25) is 5.95 Å². The van der Waals surface area contributed by atoms with Gasteiger partial charge in [0.25, 0.3) is 0 Å². The van der Waals surface area contributed by atoms with Crippen molar-refractivity contribution in [2.75, 3.05) is 48.4 Å². The predicted octanol–water partition coefficient (Wildman–Crippen LogP) is 5.29. The first kappa shape index (κ1) is 26.1. The zero-order valence-electron chi connectivity index (χ0n) is 20.1. The van der Waals surface area contributed by atoms with Gasteiger partial charge in [0.1, 0.15) is 11.6 Å². The van der Waals surface area contributed by atoms with E-state index >= 15 is 0 Å². The summed E-state index contributed by atoms with van der Waals surface area (Å²) in [6.45, 7) is 5.10. The van der Waals surface area contributed by atoms with Crippen molar-refractivity contribution in [3.8, 4) is 11.4 Å². The Morgan fingerprint density at radius 2 is 1.67 bits per heavy atom. The standard InChI is InChI=1S/C23H23F3N8.CH3I/c1-14-27-22(32-31-14)30-21-16-7-5-9-18(34-12-10-33(2)11-13-34)19(16)28-20(29-21)15-6-3-4-8-17(15)23(24,25)26;1-2/h3-9H,10-13H2,1-2H3,(H2,27,28,29,30,31,32);1H3. The molecule has 36 heavy (non-hydrogen) atoms. The average Bonchev–Trinajstić information content (AvgIpc) is 3.29. The molecule has 8 nitrogen and oxygen atoms in total. The van der Waals surface area contributed by atoms with Gasteiger partial charge in [-0.1, -0.05) is 46.9 Å². The Kier molecular flexibility index (Phi) is 7.93. The molecule has 0 saturated carbocycles. The number of benzene rings is 2. The van der Waals surface area contributed by atoms with E-state index in [0.29, 0.717) is 22.5 Å². The minimum atomic E-state index is -4.54. The van der Waals surface area contributed by atoms with Crippen molar-refractivity contribution in [2.45, 2.75) is 13.1 Å². The first-order valence-corrected chi connectivity index (χ1v) is 13.4. The maximum absolute atomic E-state index is 13.8. The third-order valence-electron chi connectivity index (χ3n) is 5.85. The lowest BCUT2D eigenvalue weighted by molar-refractivity contribution is -0.137. The summed E-state index contributed by atoms with van der Waals surface area (Å²) in [6.07, 6.45) is -4.54. The van der Waals surface area contributed by atoms with Crippen LogP contribution in [0, 0.1) is 6.92 Å². The highest BCUT2D eigenvalue weighted by Gasteiger charge is 2.34. The van der Waals surface area contributed by atoms with Crippen LogP contribution >= 0.6 is 22.6 Å². The van der Waals surface area contributed by atoms with Crippen molar-refractivity contribution in [3.63, 3.8) is 0 Å². The van der Waals surface area contributed by atoms with E-state index in [0.717, 1.165) is 37.9 Å². The van der Waals surface area contributed by atoms with Gasteiger partial charge in [0.15, 0.2) is 5.82 Å². The van der Waals surface area contributed by atoms with Gasteiger partial charge in [0, 0.05) is 37.1 Å². The lowest BCUT2D eigenvalue weighted by Gasteiger charge is -2.34. The monoisotopic (exact) mass is 610 g/mol.